The average Bonchev–Trinajstić information content (AvgIpc) is 3.01. The van der Waals surface area contributed by atoms with E-state index in [1.165, 1.54) is 0 Å². The van der Waals surface area contributed by atoms with E-state index in [2.05, 4.69) is 24.9 Å². The van der Waals surface area contributed by atoms with Crippen LogP contribution in [-0.4, -0.2) is 19.5 Å². The van der Waals surface area contributed by atoms with E-state index in [0.29, 0.717) is 0 Å². The second kappa shape index (κ2) is 5.73. The molecule has 1 unspecified atom stereocenters. The van der Waals surface area contributed by atoms with Gasteiger partial charge in [0, 0.05) is 24.5 Å². The molecule has 1 atom stereocenters. The summed E-state index contributed by atoms with van der Waals surface area (Å²) < 4.78 is 2.12. The van der Waals surface area contributed by atoms with E-state index in [1.807, 2.05) is 33.0 Å². The SMILES string of the molecule is Cc1nc(CCn2c(C(C)Cl)nc3c(C)ccnc32)cs1. The summed E-state index contributed by atoms with van der Waals surface area (Å²) in [4.78, 5) is 13.7. The molecule has 3 rings (SSSR count). The van der Waals surface area contributed by atoms with Crippen molar-refractivity contribution in [1.29, 1.82) is 0 Å². The summed E-state index contributed by atoms with van der Waals surface area (Å²) in [6.45, 7) is 6.82. The molecule has 0 aliphatic carbocycles. The molecule has 110 valence electrons. The minimum atomic E-state index is -0.143. The van der Waals surface area contributed by atoms with Crippen LogP contribution in [0.1, 0.15) is 34.4 Å². The van der Waals surface area contributed by atoms with Gasteiger partial charge in [0.1, 0.15) is 11.3 Å². The van der Waals surface area contributed by atoms with Gasteiger partial charge in [0.2, 0.25) is 0 Å². The molecule has 0 spiro atoms. The number of thiazole rings is 1. The molecule has 3 aromatic rings. The zero-order chi connectivity index (χ0) is 15.0. The Morgan fingerprint density at radius 1 is 1.33 bits per heavy atom. The minimum absolute atomic E-state index is 0.143. The zero-order valence-corrected chi connectivity index (χ0v) is 13.9. The molecule has 3 aromatic heterocycles. The Morgan fingerprint density at radius 3 is 2.81 bits per heavy atom. The molecular weight excluding hydrogens is 304 g/mol. The third kappa shape index (κ3) is 2.80. The van der Waals surface area contributed by atoms with Gasteiger partial charge in [-0.1, -0.05) is 0 Å². The third-order valence-electron chi connectivity index (χ3n) is 3.48. The molecule has 0 saturated carbocycles. The highest BCUT2D eigenvalue weighted by Gasteiger charge is 2.17. The fourth-order valence-corrected chi connectivity index (χ4v) is 3.24. The van der Waals surface area contributed by atoms with Crippen molar-refractivity contribution in [3.63, 3.8) is 0 Å². The van der Waals surface area contributed by atoms with Crippen LogP contribution in [0.3, 0.4) is 0 Å². The number of hydrogen-bond donors (Lipinski definition) is 0. The van der Waals surface area contributed by atoms with Crippen molar-refractivity contribution < 1.29 is 0 Å². The number of nitrogens with zero attached hydrogens (tertiary/aromatic N) is 4. The molecule has 0 amide bonds. The quantitative estimate of drug-likeness (QED) is 0.681. The highest BCUT2D eigenvalue weighted by molar-refractivity contribution is 7.09. The van der Waals surface area contributed by atoms with Crippen molar-refractivity contribution >= 4 is 34.1 Å². The molecule has 0 fully saturated rings. The average molecular weight is 321 g/mol. The monoisotopic (exact) mass is 320 g/mol. The second-order valence-corrected chi connectivity index (χ2v) is 6.86. The smallest absolute Gasteiger partial charge is 0.160 e. The Hall–Kier alpha value is -1.46. The number of aryl methyl sites for hydroxylation is 4. The van der Waals surface area contributed by atoms with Gasteiger partial charge in [-0.15, -0.1) is 22.9 Å². The maximum Gasteiger partial charge on any atom is 0.160 e. The Morgan fingerprint density at radius 2 is 2.14 bits per heavy atom. The molecule has 4 nitrogen and oxygen atoms in total. The van der Waals surface area contributed by atoms with Crippen LogP contribution in [0, 0.1) is 13.8 Å². The standard InChI is InChI=1S/C15H17ClN4S/c1-9-4-6-17-15-13(9)19-14(10(2)16)20(15)7-5-12-8-21-11(3)18-12/h4,6,8,10H,5,7H2,1-3H3. The highest BCUT2D eigenvalue weighted by atomic mass is 35.5. The number of halogens is 1. The summed E-state index contributed by atoms with van der Waals surface area (Å²) in [6.07, 6.45) is 2.69. The van der Waals surface area contributed by atoms with E-state index in [9.17, 15) is 0 Å². The van der Waals surface area contributed by atoms with Gasteiger partial charge < -0.3 is 4.57 Å². The second-order valence-electron chi connectivity index (χ2n) is 5.15. The maximum atomic E-state index is 6.29. The number of pyridine rings is 1. The Bertz CT molecular complexity index is 775. The molecule has 0 aliphatic rings. The lowest BCUT2D eigenvalue weighted by atomic mass is 10.3. The predicted octanol–water partition coefficient (Wildman–Crippen LogP) is 4.05. The zero-order valence-electron chi connectivity index (χ0n) is 12.3. The number of imidazole rings is 1. The van der Waals surface area contributed by atoms with Crippen LogP contribution in [0.5, 0.6) is 0 Å². The third-order valence-corrected chi connectivity index (χ3v) is 4.50. The van der Waals surface area contributed by atoms with Crippen molar-refractivity contribution in [2.75, 3.05) is 0 Å². The van der Waals surface area contributed by atoms with Crippen molar-refractivity contribution in [2.45, 2.75) is 39.1 Å². The molecule has 0 saturated heterocycles. The summed E-state index contributed by atoms with van der Waals surface area (Å²) in [5, 5.41) is 3.06. The molecule has 0 aromatic carbocycles. The van der Waals surface area contributed by atoms with Crippen LogP contribution in [0.25, 0.3) is 11.2 Å². The van der Waals surface area contributed by atoms with Crippen LogP contribution >= 0.6 is 22.9 Å². The molecule has 0 bridgehead atoms. The minimum Gasteiger partial charge on any atom is -0.311 e. The van der Waals surface area contributed by atoms with Crippen molar-refractivity contribution in [2.24, 2.45) is 0 Å². The van der Waals surface area contributed by atoms with E-state index in [1.54, 1.807) is 11.3 Å². The summed E-state index contributed by atoms with van der Waals surface area (Å²) in [7, 11) is 0. The molecular formula is C15H17ClN4S. The number of fused-ring (bicyclic) bond motifs is 1. The van der Waals surface area contributed by atoms with Gasteiger partial charge in [0.15, 0.2) is 5.65 Å². The first-order valence-corrected chi connectivity index (χ1v) is 8.24. The Kier molecular flexibility index (Phi) is 3.95. The summed E-state index contributed by atoms with van der Waals surface area (Å²) in [5.41, 5.74) is 4.08. The molecule has 0 aliphatic heterocycles. The summed E-state index contributed by atoms with van der Waals surface area (Å²) in [6, 6.07) is 1.98. The largest absolute Gasteiger partial charge is 0.311 e. The highest BCUT2D eigenvalue weighted by Crippen LogP contribution is 2.25. The van der Waals surface area contributed by atoms with E-state index in [4.69, 9.17) is 11.6 Å². The lowest BCUT2D eigenvalue weighted by Crippen LogP contribution is -2.07. The molecule has 0 radical (unpaired) electrons. The number of rotatable bonds is 4. The fraction of sp³-hybridized carbons (Fsp3) is 0.400. The van der Waals surface area contributed by atoms with Gasteiger partial charge >= 0.3 is 0 Å². The van der Waals surface area contributed by atoms with E-state index >= 15 is 0 Å². The topological polar surface area (TPSA) is 43.6 Å². The lowest BCUT2D eigenvalue weighted by Gasteiger charge is -2.09. The van der Waals surface area contributed by atoms with Crippen LogP contribution in [0.15, 0.2) is 17.6 Å². The van der Waals surface area contributed by atoms with Gasteiger partial charge in [-0.2, -0.15) is 0 Å². The van der Waals surface area contributed by atoms with Crippen LogP contribution in [0.2, 0.25) is 0 Å². The Labute approximate surface area is 132 Å². The van der Waals surface area contributed by atoms with Crippen LogP contribution < -0.4 is 0 Å². The van der Waals surface area contributed by atoms with Crippen LogP contribution in [0.4, 0.5) is 0 Å². The number of alkyl halides is 1. The first-order chi connectivity index (χ1) is 10.1. The van der Waals surface area contributed by atoms with E-state index in [0.717, 1.165) is 46.2 Å². The lowest BCUT2D eigenvalue weighted by molar-refractivity contribution is 0.656. The number of hydrogen-bond acceptors (Lipinski definition) is 4. The van der Waals surface area contributed by atoms with Gasteiger partial charge in [-0.05, 0) is 32.4 Å². The molecule has 21 heavy (non-hydrogen) atoms. The predicted molar refractivity (Wildman–Crippen MR) is 87.1 cm³/mol. The van der Waals surface area contributed by atoms with E-state index < -0.39 is 0 Å². The fourth-order valence-electron chi connectivity index (χ4n) is 2.43. The molecule has 3 heterocycles. The summed E-state index contributed by atoms with van der Waals surface area (Å²) >= 11 is 7.97. The molecule has 6 heteroatoms. The van der Waals surface area contributed by atoms with Crippen molar-refractivity contribution in [3.05, 3.63) is 39.7 Å². The molecule has 0 N–H and O–H groups in total. The first kappa shape index (κ1) is 14.5. The van der Waals surface area contributed by atoms with Crippen molar-refractivity contribution in [1.82, 2.24) is 19.5 Å². The van der Waals surface area contributed by atoms with Gasteiger partial charge in [0.05, 0.1) is 16.1 Å². The van der Waals surface area contributed by atoms with Gasteiger partial charge in [-0.25, -0.2) is 15.0 Å². The maximum absolute atomic E-state index is 6.29. The Balaban J connectivity index is 1.99. The normalized spacial score (nSPS) is 13.0. The van der Waals surface area contributed by atoms with Crippen molar-refractivity contribution in [3.8, 4) is 0 Å². The number of aromatic nitrogens is 4. The summed E-state index contributed by atoms with van der Waals surface area (Å²) in [5.74, 6) is 0.875. The van der Waals surface area contributed by atoms with Gasteiger partial charge in [0.25, 0.3) is 0 Å². The van der Waals surface area contributed by atoms with E-state index in [-0.39, 0.29) is 5.38 Å². The van der Waals surface area contributed by atoms with Gasteiger partial charge in [-0.3, -0.25) is 0 Å². The first-order valence-electron chi connectivity index (χ1n) is 6.93. The van der Waals surface area contributed by atoms with Crippen LogP contribution in [-0.2, 0) is 13.0 Å².